The Morgan fingerprint density at radius 3 is 1.88 bits per heavy atom. The Bertz CT molecular complexity index is 445. The Hall–Kier alpha value is -1.63. The molecule has 1 rings (SSSR count). The quantitative estimate of drug-likeness (QED) is 0.636. The van der Waals surface area contributed by atoms with Crippen LogP contribution in [0.2, 0.25) is 0 Å². The summed E-state index contributed by atoms with van der Waals surface area (Å²) in [4.78, 5) is 10.4. The first kappa shape index (κ1) is 13.4. The van der Waals surface area contributed by atoms with Crippen LogP contribution in [0.4, 0.5) is 17.6 Å². The molecule has 0 aromatic heterocycles. The molecule has 0 spiro atoms. The average Bonchev–Trinajstić information content (AvgIpc) is 2.21. The summed E-state index contributed by atoms with van der Waals surface area (Å²) < 4.78 is 53.0. The number of hydrogen-bond acceptors (Lipinski definition) is 2. The zero-order chi connectivity index (χ0) is 13.3. The molecule has 0 saturated heterocycles. The highest BCUT2D eigenvalue weighted by Gasteiger charge is 2.29. The molecule has 0 fully saturated rings. The highest BCUT2D eigenvalue weighted by Crippen LogP contribution is 2.25. The second kappa shape index (κ2) is 4.70. The highest BCUT2D eigenvalue weighted by molar-refractivity contribution is 5.88. The molecule has 0 aliphatic carbocycles. The van der Waals surface area contributed by atoms with Crippen molar-refractivity contribution >= 4 is 5.97 Å². The first-order valence-corrected chi connectivity index (χ1v) is 4.61. The third-order valence-corrected chi connectivity index (χ3v) is 2.09. The SMILES string of the molecule is CC(N)Cc1c(F)c(F)c(C(=O)O)c(F)c1F. The maximum Gasteiger partial charge on any atom is 0.341 e. The molecular weight excluding hydrogens is 242 g/mol. The van der Waals surface area contributed by atoms with E-state index in [4.69, 9.17) is 10.8 Å². The van der Waals surface area contributed by atoms with Gasteiger partial charge in [-0.25, -0.2) is 22.4 Å². The van der Waals surface area contributed by atoms with Crippen molar-refractivity contribution in [1.82, 2.24) is 0 Å². The Kier molecular flexibility index (Phi) is 3.72. The van der Waals surface area contributed by atoms with Gasteiger partial charge in [0.25, 0.3) is 0 Å². The summed E-state index contributed by atoms with van der Waals surface area (Å²) in [5.41, 5.74) is 2.73. The minimum absolute atomic E-state index is 0.439. The van der Waals surface area contributed by atoms with Crippen LogP contribution in [0.25, 0.3) is 0 Å². The predicted molar refractivity (Wildman–Crippen MR) is 50.6 cm³/mol. The largest absolute Gasteiger partial charge is 0.477 e. The molecule has 1 atom stereocenters. The number of hydrogen-bond donors (Lipinski definition) is 2. The zero-order valence-electron chi connectivity index (χ0n) is 8.73. The fraction of sp³-hybridized carbons (Fsp3) is 0.300. The molecule has 3 N–H and O–H groups in total. The van der Waals surface area contributed by atoms with E-state index in [1.165, 1.54) is 6.92 Å². The molecule has 0 saturated carbocycles. The van der Waals surface area contributed by atoms with Crippen LogP contribution in [0.1, 0.15) is 22.8 Å². The summed E-state index contributed by atoms with van der Waals surface area (Å²) in [7, 11) is 0. The third kappa shape index (κ3) is 2.38. The number of carbonyl (C=O) groups is 1. The fourth-order valence-corrected chi connectivity index (χ4v) is 1.37. The normalized spacial score (nSPS) is 12.6. The van der Waals surface area contributed by atoms with Gasteiger partial charge in [-0.3, -0.25) is 0 Å². The number of nitrogens with two attached hydrogens (primary N) is 1. The van der Waals surface area contributed by atoms with E-state index < -0.39 is 52.8 Å². The summed E-state index contributed by atoms with van der Waals surface area (Å²) in [6.07, 6.45) is -0.439. The topological polar surface area (TPSA) is 63.3 Å². The minimum Gasteiger partial charge on any atom is -0.477 e. The van der Waals surface area contributed by atoms with Gasteiger partial charge < -0.3 is 10.8 Å². The lowest BCUT2D eigenvalue weighted by Crippen LogP contribution is -2.22. The Labute approximate surface area is 93.8 Å². The summed E-state index contributed by atoms with van der Waals surface area (Å²) in [5.74, 6) is -9.37. The molecule has 0 radical (unpaired) electrons. The number of benzene rings is 1. The lowest BCUT2D eigenvalue weighted by Gasteiger charge is -2.11. The van der Waals surface area contributed by atoms with E-state index in [2.05, 4.69) is 0 Å². The van der Waals surface area contributed by atoms with Gasteiger partial charge in [-0.05, 0) is 13.3 Å². The van der Waals surface area contributed by atoms with Gasteiger partial charge in [0.1, 0.15) is 5.56 Å². The number of rotatable bonds is 3. The van der Waals surface area contributed by atoms with Crippen LogP contribution >= 0.6 is 0 Å². The molecule has 3 nitrogen and oxygen atoms in total. The van der Waals surface area contributed by atoms with Gasteiger partial charge in [-0.2, -0.15) is 0 Å². The molecule has 1 aromatic rings. The number of halogens is 4. The van der Waals surface area contributed by atoms with Crippen LogP contribution in [0.5, 0.6) is 0 Å². The van der Waals surface area contributed by atoms with Gasteiger partial charge in [-0.15, -0.1) is 0 Å². The molecule has 0 amide bonds. The van der Waals surface area contributed by atoms with Crippen molar-refractivity contribution in [2.45, 2.75) is 19.4 Å². The summed E-state index contributed by atoms with van der Waals surface area (Å²) in [6.45, 7) is 1.39. The smallest absolute Gasteiger partial charge is 0.341 e. The van der Waals surface area contributed by atoms with Gasteiger partial charge in [0.05, 0.1) is 0 Å². The molecule has 17 heavy (non-hydrogen) atoms. The summed E-state index contributed by atoms with van der Waals surface area (Å²) in [6, 6.07) is -0.728. The monoisotopic (exact) mass is 251 g/mol. The van der Waals surface area contributed by atoms with Crippen LogP contribution < -0.4 is 5.73 Å². The third-order valence-electron chi connectivity index (χ3n) is 2.09. The van der Waals surface area contributed by atoms with Gasteiger partial charge in [0, 0.05) is 11.6 Å². The Morgan fingerprint density at radius 2 is 1.59 bits per heavy atom. The molecule has 1 unspecified atom stereocenters. The Balaban J connectivity index is 3.52. The van der Waals surface area contributed by atoms with Gasteiger partial charge >= 0.3 is 5.97 Å². The molecule has 0 aliphatic rings. The average molecular weight is 251 g/mol. The first-order chi connectivity index (χ1) is 7.77. The molecule has 0 bridgehead atoms. The maximum atomic E-state index is 13.3. The molecule has 94 valence electrons. The van der Waals surface area contributed by atoms with E-state index in [1.807, 2.05) is 0 Å². The highest BCUT2D eigenvalue weighted by atomic mass is 19.2. The van der Waals surface area contributed by atoms with Gasteiger partial charge in [0.2, 0.25) is 0 Å². The van der Waals surface area contributed by atoms with Crippen LogP contribution in [0, 0.1) is 23.3 Å². The second-order valence-corrected chi connectivity index (χ2v) is 3.60. The first-order valence-electron chi connectivity index (χ1n) is 4.61. The molecule has 1 aromatic carbocycles. The lowest BCUT2D eigenvalue weighted by molar-refractivity contribution is 0.0683. The van der Waals surface area contributed by atoms with Crippen molar-refractivity contribution in [2.75, 3.05) is 0 Å². The van der Waals surface area contributed by atoms with Crippen LogP contribution in [-0.2, 0) is 6.42 Å². The van der Waals surface area contributed by atoms with E-state index in [9.17, 15) is 22.4 Å². The maximum absolute atomic E-state index is 13.3. The van der Waals surface area contributed by atoms with Crippen molar-refractivity contribution in [3.8, 4) is 0 Å². The predicted octanol–water partition coefficient (Wildman–Crippen LogP) is 1.83. The number of aromatic carboxylic acids is 1. The van der Waals surface area contributed by atoms with Crippen molar-refractivity contribution < 1.29 is 27.5 Å². The number of carboxylic acids is 1. The van der Waals surface area contributed by atoms with Crippen LogP contribution in [0.3, 0.4) is 0 Å². The standard InChI is InChI=1S/C10H9F4NO2/c1-3(15)2-4-6(11)8(13)5(10(16)17)9(14)7(4)12/h3H,2,15H2,1H3,(H,16,17). The zero-order valence-corrected chi connectivity index (χ0v) is 8.73. The lowest BCUT2D eigenvalue weighted by atomic mass is 10.0. The minimum atomic E-state index is -2.08. The van der Waals surface area contributed by atoms with Crippen LogP contribution in [0.15, 0.2) is 0 Å². The van der Waals surface area contributed by atoms with Gasteiger partial charge in [-0.1, -0.05) is 0 Å². The summed E-state index contributed by atoms with van der Waals surface area (Å²) in [5, 5.41) is 8.43. The van der Waals surface area contributed by atoms with Crippen LogP contribution in [-0.4, -0.2) is 17.1 Å². The van der Waals surface area contributed by atoms with Crippen molar-refractivity contribution in [2.24, 2.45) is 5.73 Å². The second-order valence-electron chi connectivity index (χ2n) is 3.60. The van der Waals surface area contributed by atoms with E-state index >= 15 is 0 Å². The summed E-state index contributed by atoms with van der Waals surface area (Å²) >= 11 is 0. The van der Waals surface area contributed by atoms with Gasteiger partial charge in [0.15, 0.2) is 23.3 Å². The van der Waals surface area contributed by atoms with Crippen molar-refractivity contribution in [1.29, 1.82) is 0 Å². The van der Waals surface area contributed by atoms with E-state index in [-0.39, 0.29) is 0 Å². The number of carboxylic acid groups (broad SMARTS) is 1. The van der Waals surface area contributed by atoms with E-state index in [0.29, 0.717) is 0 Å². The van der Waals surface area contributed by atoms with E-state index in [0.717, 1.165) is 0 Å². The molecule has 7 heteroatoms. The molecule has 0 heterocycles. The fourth-order valence-electron chi connectivity index (χ4n) is 1.37. The van der Waals surface area contributed by atoms with Crippen molar-refractivity contribution in [3.63, 3.8) is 0 Å². The van der Waals surface area contributed by atoms with Crippen molar-refractivity contribution in [3.05, 3.63) is 34.4 Å². The molecule has 0 aliphatic heterocycles. The Morgan fingerprint density at radius 1 is 1.18 bits per heavy atom. The van der Waals surface area contributed by atoms with E-state index in [1.54, 1.807) is 0 Å². The molecular formula is C10H9F4NO2.